The number of ether oxygens (including phenoxy) is 3. The zero-order chi connectivity index (χ0) is 24.1. The highest BCUT2D eigenvalue weighted by atomic mass is 16.5. The molecule has 0 aliphatic carbocycles. The van der Waals surface area contributed by atoms with E-state index in [4.69, 9.17) is 14.2 Å². The second kappa shape index (κ2) is 11.1. The number of hydrogen-bond acceptors (Lipinski definition) is 8. The summed E-state index contributed by atoms with van der Waals surface area (Å²) < 4.78 is 16.4. The number of carbonyl (C=O) groups is 4. The average molecular weight is 474 g/mol. The van der Waals surface area contributed by atoms with Crippen molar-refractivity contribution in [2.24, 2.45) is 0 Å². The lowest BCUT2D eigenvalue weighted by molar-refractivity contribution is -0.136. The maximum atomic E-state index is 13.0. The Kier molecular flexibility index (Phi) is 7.91. The fourth-order valence-electron chi connectivity index (χ4n) is 4.62. The van der Waals surface area contributed by atoms with Crippen LogP contribution in [0.15, 0.2) is 18.2 Å². The first-order chi connectivity index (χ1) is 16.5. The van der Waals surface area contributed by atoms with E-state index in [1.165, 1.54) is 0 Å². The van der Waals surface area contributed by atoms with Gasteiger partial charge in [-0.3, -0.25) is 29.4 Å². The van der Waals surface area contributed by atoms with E-state index >= 15 is 0 Å². The molecule has 3 heterocycles. The molecule has 1 atom stereocenters. The van der Waals surface area contributed by atoms with Crippen molar-refractivity contribution in [2.75, 3.05) is 51.5 Å². The topological polar surface area (TPSA) is 114 Å². The van der Waals surface area contributed by atoms with Crippen LogP contribution in [0.3, 0.4) is 0 Å². The van der Waals surface area contributed by atoms with Gasteiger partial charge in [0.1, 0.15) is 6.04 Å². The largest absolute Gasteiger partial charge is 0.385 e. The van der Waals surface area contributed by atoms with Gasteiger partial charge in [0.25, 0.3) is 11.8 Å². The van der Waals surface area contributed by atoms with E-state index in [0.717, 1.165) is 42.9 Å². The molecule has 0 saturated carbocycles. The van der Waals surface area contributed by atoms with Crippen LogP contribution >= 0.6 is 0 Å². The quantitative estimate of drug-likeness (QED) is 0.397. The molecular formula is C24H31N3O7. The Hall–Kier alpha value is -2.82. The van der Waals surface area contributed by atoms with Gasteiger partial charge in [-0.25, -0.2) is 0 Å². The minimum Gasteiger partial charge on any atom is -0.385 e. The van der Waals surface area contributed by atoms with Gasteiger partial charge in [-0.05, 0) is 43.9 Å². The summed E-state index contributed by atoms with van der Waals surface area (Å²) in [6.45, 7) is 4.03. The SMILES string of the molecule is COCCCOCCOC1CCN(c2ccc3c(c2)C(=O)N(C2CCC(=O)NC2=O)C3=O)CC1. The Balaban J connectivity index is 1.30. The monoisotopic (exact) mass is 473 g/mol. The van der Waals surface area contributed by atoms with E-state index in [-0.39, 0.29) is 24.9 Å². The highest BCUT2D eigenvalue weighted by Gasteiger charge is 2.44. The lowest BCUT2D eigenvalue weighted by atomic mass is 10.0. The van der Waals surface area contributed by atoms with E-state index < -0.39 is 23.8 Å². The van der Waals surface area contributed by atoms with Crippen molar-refractivity contribution in [3.05, 3.63) is 29.3 Å². The molecule has 0 bridgehead atoms. The van der Waals surface area contributed by atoms with E-state index in [1.807, 2.05) is 6.07 Å². The number of rotatable bonds is 10. The molecule has 0 aromatic heterocycles. The summed E-state index contributed by atoms with van der Waals surface area (Å²) in [6.07, 6.45) is 3.00. The first kappa shape index (κ1) is 24.3. The third-order valence-corrected chi connectivity index (χ3v) is 6.45. The van der Waals surface area contributed by atoms with Gasteiger partial charge in [-0.15, -0.1) is 0 Å². The zero-order valence-electron chi connectivity index (χ0n) is 19.4. The van der Waals surface area contributed by atoms with Crippen LogP contribution in [-0.2, 0) is 23.8 Å². The molecule has 2 fully saturated rings. The molecule has 1 unspecified atom stereocenters. The summed E-state index contributed by atoms with van der Waals surface area (Å²) in [5, 5.41) is 2.21. The van der Waals surface area contributed by atoms with E-state index in [2.05, 4.69) is 10.2 Å². The number of nitrogens with one attached hydrogen (secondary N) is 1. The number of nitrogens with zero attached hydrogens (tertiary/aromatic N) is 2. The maximum Gasteiger partial charge on any atom is 0.262 e. The van der Waals surface area contributed by atoms with E-state index in [1.54, 1.807) is 19.2 Å². The molecule has 4 rings (SSSR count). The highest BCUT2D eigenvalue weighted by molar-refractivity contribution is 6.23. The molecule has 1 aromatic carbocycles. The predicted octanol–water partition coefficient (Wildman–Crippen LogP) is 1.13. The number of imide groups is 2. The van der Waals surface area contributed by atoms with Crippen molar-refractivity contribution in [2.45, 2.75) is 44.2 Å². The Morgan fingerprint density at radius 2 is 1.71 bits per heavy atom. The summed E-state index contributed by atoms with van der Waals surface area (Å²) in [5.41, 5.74) is 1.46. The Morgan fingerprint density at radius 1 is 0.941 bits per heavy atom. The molecule has 34 heavy (non-hydrogen) atoms. The molecule has 0 radical (unpaired) electrons. The van der Waals surface area contributed by atoms with Crippen LogP contribution in [0.25, 0.3) is 0 Å². The smallest absolute Gasteiger partial charge is 0.262 e. The fraction of sp³-hybridized carbons (Fsp3) is 0.583. The number of carbonyl (C=O) groups excluding carboxylic acids is 4. The number of benzene rings is 1. The number of fused-ring (bicyclic) bond motifs is 1. The molecular weight excluding hydrogens is 442 g/mol. The van der Waals surface area contributed by atoms with Gasteiger partial charge in [0.2, 0.25) is 11.8 Å². The van der Waals surface area contributed by atoms with E-state index in [9.17, 15) is 19.2 Å². The maximum absolute atomic E-state index is 13.0. The first-order valence-electron chi connectivity index (χ1n) is 11.8. The summed E-state index contributed by atoms with van der Waals surface area (Å²) in [4.78, 5) is 52.7. The number of hydrogen-bond donors (Lipinski definition) is 1. The van der Waals surface area contributed by atoms with Crippen LogP contribution < -0.4 is 10.2 Å². The van der Waals surface area contributed by atoms with Gasteiger partial charge in [-0.1, -0.05) is 0 Å². The van der Waals surface area contributed by atoms with Crippen molar-refractivity contribution in [3.8, 4) is 0 Å². The van der Waals surface area contributed by atoms with Gasteiger partial charge >= 0.3 is 0 Å². The van der Waals surface area contributed by atoms with Crippen molar-refractivity contribution >= 4 is 29.3 Å². The number of anilines is 1. The molecule has 4 amide bonds. The van der Waals surface area contributed by atoms with Crippen LogP contribution in [0.1, 0.15) is 52.8 Å². The average Bonchev–Trinajstić information content (AvgIpc) is 3.08. The Labute approximate surface area is 198 Å². The van der Waals surface area contributed by atoms with Gasteiger partial charge in [0.15, 0.2) is 0 Å². The Bertz CT molecular complexity index is 942. The summed E-state index contributed by atoms with van der Waals surface area (Å²) in [5.74, 6) is -1.96. The van der Waals surface area contributed by atoms with Crippen LogP contribution in [0.4, 0.5) is 5.69 Å². The van der Waals surface area contributed by atoms with Crippen LogP contribution in [0.2, 0.25) is 0 Å². The zero-order valence-corrected chi connectivity index (χ0v) is 19.4. The van der Waals surface area contributed by atoms with Crippen LogP contribution in [0.5, 0.6) is 0 Å². The molecule has 1 N–H and O–H groups in total. The standard InChI is InChI=1S/C24H31N3O7/c1-32-11-2-12-33-13-14-34-17-7-9-26(10-8-17)16-3-4-18-19(15-16)24(31)27(23(18)30)20-5-6-21(28)25-22(20)29/h3-4,15,17,20H,2,5-14H2,1H3,(H,25,28,29). The molecule has 184 valence electrons. The van der Waals surface area contributed by atoms with Gasteiger partial charge in [0.05, 0.1) is 30.4 Å². The predicted molar refractivity (Wildman–Crippen MR) is 122 cm³/mol. The number of piperidine rings is 2. The second-order valence-corrected chi connectivity index (χ2v) is 8.69. The lowest BCUT2D eigenvalue weighted by Crippen LogP contribution is -2.54. The van der Waals surface area contributed by atoms with Crippen LogP contribution in [0, 0.1) is 0 Å². The van der Waals surface area contributed by atoms with Gasteiger partial charge in [0, 0.05) is 45.5 Å². The van der Waals surface area contributed by atoms with Gasteiger partial charge < -0.3 is 19.1 Å². The minimum atomic E-state index is -0.953. The first-order valence-corrected chi connectivity index (χ1v) is 11.8. The lowest BCUT2D eigenvalue weighted by Gasteiger charge is -2.33. The summed E-state index contributed by atoms with van der Waals surface area (Å²) >= 11 is 0. The van der Waals surface area contributed by atoms with Crippen molar-refractivity contribution < 1.29 is 33.4 Å². The number of methoxy groups -OCH3 is 1. The molecule has 10 heteroatoms. The van der Waals surface area contributed by atoms with Crippen molar-refractivity contribution in [3.63, 3.8) is 0 Å². The highest BCUT2D eigenvalue weighted by Crippen LogP contribution is 2.31. The third-order valence-electron chi connectivity index (χ3n) is 6.45. The normalized spacial score (nSPS) is 21.3. The second-order valence-electron chi connectivity index (χ2n) is 8.69. The van der Waals surface area contributed by atoms with Crippen molar-refractivity contribution in [1.82, 2.24) is 10.2 Å². The fourth-order valence-corrected chi connectivity index (χ4v) is 4.62. The van der Waals surface area contributed by atoms with Crippen molar-refractivity contribution in [1.29, 1.82) is 0 Å². The van der Waals surface area contributed by atoms with Gasteiger partial charge in [-0.2, -0.15) is 0 Å². The third kappa shape index (κ3) is 5.29. The molecule has 2 saturated heterocycles. The van der Waals surface area contributed by atoms with Crippen LogP contribution in [-0.4, -0.2) is 87.3 Å². The molecule has 0 spiro atoms. The Morgan fingerprint density at radius 3 is 2.44 bits per heavy atom. The molecule has 3 aliphatic heterocycles. The minimum absolute atomic E-state index is 0.103. The summed E-state index contributed by atoms with van der Waals surface area (Å²) in [7, 11) is 1.67. The molecule has 3 aliphatic rings. The molecule has 10 nitrogen and oxygen atoms in total. The summed E-state index contributed by atoms with van der Waals surface area (Å²) in [6, 6.07) is 4.27. The molecule has 1 aromatic rings. The number of amides is 4. The van der Waals surface area contributed by atoms with E-state index in [0.29, 0.717) is 37.6 Å².